The van der Waals surface area contributed by atoms with E-state index < -0.39 is 6.29 Å². The van der Waals surface area contributed by atoms with Crippen molar-refractivity contribution in [3.63, 3.8) is 0 Å². The SMILES string of the molecule is O=C(C1=C[C@H](c2ccc(I)cc2)C[C@H](OCc2ccc(CO)cc2)O1)N1CCN(Cc2ccc3c(c2)OCO3)CC1. The number of aliphatic hydroxyl groups excluding tert-OH is 1. The van der Waals surface area contributed by atoms with Crippen molar-refractivity contribution < 1.29 is 28.8 Å². The second-order valence-corrected chi connectivity index (χ2v) is 11.8. The molecule has 214 valence electrons. The van der Waals surface area contributed by atoms with Gasteiger partial charge in [-0.05, 0) is 75.2 Å². The second kappa shape index (κ2) is 12.8. The van der Waals surface area contributed by atoms with Gasteiger partial charge in [-0.2, -0.15) is 0 Å². The number of fused-ring (bicyclic) bond motifs is 1. The summed E-state index contributed by atoms with van der Waals surface area (Å²) < 4.78 is 24.5. The first-order valence-corrected chi connectivity index (χ1v) is 15.0. The number of halogens is 1. The van der Waals surface area contributed by atoms with Crippen LogP contribution in [0.15, 0.2) is 78.6 Å². The maximum absolute atomic E-state index is 13.7. The Kier molecular flexibility index (Phi) is 8.75. The van der Waals surface area contributed by atoms with Crippen molar-refractivity contribution in [3.05, 3.63) is 104 Å². The third kappa shape index (κ3) is 6.86. The molecule has 0 aromatic heterocycles. The number of hydrogen-bond donors (Lipinski definition) is 1. The van der Waals surface area contributed by atoms with Gasteiger partial charge in [0.25, 0.3) is 5.91 Å². The van der Waals surface area contributed by atoms with Crippen LogP contribution in [-0.4, -0.2) is 60.1 Å². The quantitative estimate of drug-likeness (QED) is 0.346. The van der Waals surface area contributed by atoms with Crippen molar-refractivity contribution >= 4 is 28.5 Å². The molecule has 0 saturated carbocycles. The lowest BCUT2D eigenvalue weighted by Crippen LogP contribution is -2.49. The molecule has 3 heterocycles. The lowest BCUT2D eigenvalue weighted by atomic mass is 9.93. The van der Waals surface area contributed by atoms with Crippen molar-refractivity contribution in [2.45, 2.75) is 38.4 Å². The summed E-state index contributed by atoms with van der Waals surface area (Å²) in [7, 11) is 0. The predicted molar refractivity (Wildman–Crippen MR) is 161 cm³/mol. The van der Waals surface area contributed by atoms with Crippen LogP contribution in [0.1, 0.15) is 34.6 Å². The number of aliphatic hydroxyl groups is 1. The number of amides is 1. The molecule has 1 saturated heterocycles. The van der Waals surface area contributed by atoms with Crippen LogP contribution < -0.4 is 9.47 Å². The summed E-state index contributed by atoms with van der Waals surface area (Å²) in [5, 5.41) is 9.31. The van der Waals surface area contributed by atoms with Crippen LogP contribution in [0.2, 0.25) is 0 Å². The number of allylic oxidation sites excluding steroid dienone is 1. The molecule has 3 aliphatic heterocycles. The third-order valence-corrected chi connectivity index (χ3v) is 8.43. The first-order valence-electron chi connectivity index (χ1n) is 13.9. The Morgan fingerprint density at radius 2 is 1.61 bits per heavy atom. The number of carbonyl (C=O) groups is 1. The van der Waals surface area contributed by atoms with E-state index in [9.17, 15) is 9.90 Å². The van der Waals surface area contributed by atoms with Crippen LogP contribution in [0.4, 0.5) is 0 Å². The molecule has 6 rings (SSSR count). The number of hydrogen-bond acceptors (Lipinski definition) is 7. The van der Waals surface area contributed by atoms with Crippen LogP contribution in [0.25, 0.3) is 0 Å². The van der Waals surface area contributed by atoms with Gasteiger partial charge in [-0.25, -0.2) is 0 Å². The van der Waals surface area contributed by atoms with Crippen LogP contribution in [0, 0.1) is 3.57 Å². The van der Waals surface area contributed by atoms with Gasteiger partial charge in [0.1, 0.15) is 0 Å². The summed E-state index contributed by atoms with van der Waals surface area (Å²) in [4.78, 5) is 17.9. The molecular weight excluding hydrogens is 635 g/mol. The van der Waals surface area contributed by atoms with E-state index in [2.05, 4.69) is 57.8 Å². The number of benzene rings is 3. The number of rotatable bonds is 8. The molecule has 0 radical (unpaired) electrons. The van der Waals surface area contributed by atoms with Crippen LogP contribution >= 0.6 is 22.6 Å². The topological polar surface area (TPSA) is 80.7 Å². The predicted octanol–water partition coefficient (Wildman–Crippen LogP) is 4.79. The molecule has 0 bridgehead atoms. The highest BCUT2D eigenvalue weighted by Gasteiger charge is 2.32. The Hall–Kier alpha value is -3.12. The molecule has 0 unspecified atom stereocenters. The van der Waals surface area contributed by atoms with E-state index in [1.807, 2.05) is 47.4 Å². The monoisotopic (exact) mass is 668 g/mol. The van der Waals surface area contributed by atoms with E-state index in [-0.39, 0.29) is 25.2 Å². The van der Waals surface area contributed by atoms with Crippen molar-refractivity contribution in [3.8, 4) is 11.5 Å². The first kappa shape index (κ1) is 28.0. The zero-order valence-corrected chi connectivity index (χ0v) is 24.9. The molecular formula is C32H33IN2O6. The molecule has 41 heavy (non-hydrogen) atoms. The van der Waals surface area contributed by atoms with E-state index in [0.29, 0.717) is 31.9 Å². The molecule has 0 spiro atoms. The van der Waals surface area contributed by atoms with Gasteiger partial charge in [-0.15, -0.1) is 0 Å². The largest absolute Gasteiger partial charge is 0.459 e. The van der Waals surface area contributed by atoms with E-state index >= 15 is 0 Å². The fourth-order valence-electron chi connectivity index (χ4n) is 5.35. The van der Waals surface area contributed by atoms with Gasteiger partial charge in [-0.3, -0.25) is 9.69 Å². The highest BCUT2D eigenvalue weighted by molar-refractivity contribution is 14.1. The molecule has 0 aliphatic carbocycles. The Balaban J connectivity index is 1.10. The molecule has 3 aliphatic rings. The standard InChI is InChI=1S/C32H33IN2O6/c33-27-8-6-25(7-9-27)26-16-30(41-31(17-26)38-20-23-3-1-22(19-36)2-4-23)32(37)35-13-11-34(12-14-35)18-24-5-10-28-29(15-24)40-21-39-28/h1-10,15-16,26,31,36H,11-14,17-21H2/t26-,31+/m0/s1. The zero-order chi connectivity index (χ0) is 28.2. The summed E-state index contributed by atoms with van der Waals surface area (Å²) in [6.07, 6.45) is 2.03. The highest BCUT2D eigenvalue weighted by atomic mass is 127. The lowest BCUT2D eigenvalue weighted by molar-refractivity contribution is -0.157. The molecule has 3 aromatic rings. The van der Waals surface area contributed by atoms with Crippen molar-refractivity contribution in [1.82, 2.24) is 9.80 Å². The number of nitrogens with zero attached hydrogens (tertiary/aromatic N) is 2. The number of piperazine rings is 1. The molecule has 1 amide bonds. The highest BCUT2D eigenvalue weighted by Crippen LogP contribution is 2.34. The Morgan fingerprint density at radius 3 is 2.37 bits per heavy atom. The maximum atomic E-state index is 13.7. The summed E-state index contributed by atoms with van der Waals surface area (Å²) in [6.45, 7) is 4.23. The summed E-state index contributed by atoms with van der Waals surface area (Å²) in [5.74, 6) is 1.84. The lowest BCUT2D eigenvalue weighted by Gasteiger charge is -2.36. The van der Waals surface area contributed by atoms with Gasteiger partial charge in [0, 0.05) is 48.6 Å². The van der Waals surface area contributed by atoms with Crippen molar-refractivity contribution in [2.75, 3.05) is 33.0 Å². The van der Waals surface area contributed by atoms with E-state index in [1.54, 1.807) is 0 Å². The second-order valence-electron chi connectivity index (χ2n) is 10.5. The van der Waals surface area contributed by atoms with Gasteiger partial charge >= 0.3 is 0 Å². The summed E-state index contributed by atoms with van der Waals surface area (Å²) in [5.41, 5.74) is 4.14. The van der Waals surface area contributed by atoms with Gasteiger partial charge < -0.3 is 29.0 Å². The molecule has 2 atom stereocenters. The van der Waals surface area contributed by atoms with Crippen LogP contribution in [0.3, 0.4) is 0 Å². The fourth-order valence-corrected chi connectivity index (χ4v) is 5.71. The van der Waals surface area contributed by atoms with Gasteiger partial charge in [-0.1, -0.05) is 42.5 Å². The first-order chi connectivity index (χ1) is 20.0. The number of carbonyl (C=O) groups excluding carboxylic acids is 1. The van der Waals surface area contributed by atoms with Crippen molar-refractivity contribution in [1.29, 1.82) is 0 Å². The van der Waals surface area contributed by atoms with E-state index in [4.69, 9.17) is 18.9 Å². The maximum Gasteiger partial charge on any atom is 0.288 e. The normalized spacial score (nSPS) is 20.4. The van der Waals surface area contributed by atoms with E-state index in [0.717, 1.165) is 51.4 Å². The fraction of sp³-hybridized carbons (Fsp3) is 0.344. The van der Waals surface area contributed by atoms with Crippen LogP contribution in [0.5, 0.6) is 11.5 Å². The molecule has 9 heteroatoms. The van der Waals surface area contributed by atoms with Crippen molar-refractivity contribution in [2.24, 2.45) is 0 Å². The average Bonchev–Trinajstić information content (AvgIpc) is 3.49. The number of ether oxygens (including phenoxy) is 4. The zero-order valence-electron chi connectivity index (χ0n) is 22.7. The van der Waals surface area contributed by atoms with E-state index in [1.165, 1.54) is 5.56 Å². The van der Waals surface area contributed by atoms with Crippen LogP contribution in [-0.2, 0) is 34.0 Å². The summed E-state index contributed by atoms with van der Waals surface area (Å²) >= 11 is 2.30. The van der Waals surface area contributed by atoms with Gasteiger partial charge in [0.2, 0.25) is 13.1 Å². The minimum absolute atomic E-state index is 0.00745. The minimum atomic E-state index is -0.548. The van der Waals surface area contributed by atoms with Gasteiger partial charge in [0.05, 0.1) is 13.2 Å². The Bertz CT molecular complexity index is 1390. The average molecular weight is 669 g/mol. The smallest absolute Gasteiger partial charge is 0.288 e. The molecule has 3 aromatic carbocycles. The molecule has 8 nitrogen and oxygen atoms in total. The molecule has 1 N–H and O–H groups in total. The van der Waals surface area contributed by atoms with Gasteiger partial charge in [0.15, 0.2) is 17.3 Å². The Morgan fingerprint density at radius 1 is 0.902 bits per heavy atom. The third-order valence-electron chi connectivity index (χ3n) is 7.71. The molecule has 1 fully saturated rings. The summed E-state index contributed by atoms with van der Waals surface area (Å²) in [6, 6.07) is 22.1. The Labute approximate surface area is 253 Å². The minimum Gasteiger partial charge on any atom is -0.459 e.